The van der Waals surface area contributed by atoms with Gasteiger partial charge in [0.15, 0.2) is 0 Å². The van der Waals surface area contributed by atoms with E-state index in [1.807, 2.05) is 24.3 Å². The van der Waals surface area contributed by atoms with Gasteiger partial charge in [-0.2, -0.15) is 0 Å². The van der Waals surface area contributed by atoms with E-state index in [4.69, 9.17) is 13.9 Å². The van der Waals surface area contributed by atoms with Gasteiger partial charge in [0.05, 0.1) is 12.2 Å². The van der Waals surface area contributed by atoms with Crippen molar-refractivity contribution in [2.45, 2.75) is 39.5 Å². The Morgan fingerprint density at radius 2 is 1.96 bits per heavy atom. The molecule has 0 saturated carbocycles. The predicted molar refractivity (Wildman–Crippen MR) is 86.6 cm³/mol. The summed E-state index contributed by atoms with van der Waals surface area (Å²) in [6.45, 7) is 8.91. The molecule has 0 bridgehead atoms. The van der Waals surface area contributed by atoms with Gasteiger partial charge in [0.25, 0.3) is 0 Å². The van der Waals surface area contributed by atoms with Gasteiger partial charge in [-0.15, -0.1) is 0 Å². The molecule has 5 nitrogen and oxygen atoms in total. The topological polar surface area (TPSA) is 53.1 Å². The molecule has 2 heterocycles. The molecule has 1 aromatic heterocycles. The number of para-hydroxylation sites is 1. The third kappa shape index (κ3) is 3.41. The van der Waals surface area contributed by atoms with E-state index in [9.17, 15) is 4.79 Å². The molecule has 124 valence electrons. The summed E-state index contributed by atoms with van der Waals surface area (Å²) < 4.78 is 16.8. The second-order valence-electron chi connectivity index (χ2n) is 6.22. The average molecular weight is 318 g/mol. The molecule has 0 radical (unpaired) electrons. The zero-order valence-electron chi connectivity index (χ0n) is 13.9. The summed E-state index contributed by atoms with van der Waals surface area (Å²) in [6, 6.07) is 7.78. The van der Waals surface area contributed by atoms with Crippen molar-refractivity contribution in [3.8, 4) is 0 Å². The molecule has 1 aromatic carbocycles. The van der Waals surface area contributed by atoms with E-state index in [2.05, 4.69) is 13.8 Å². The van der Waals surface area contributed by atoms with Crippen LogP contribution in [0.5, 0.6) is 0 Å². The molecule has 2 atom stereocenters. The summed E-state index contributed by atoms with van der Waals surface area (Å²) >= 11 is 0. The van der Waals surface area contributed by atoms with Crippen LogP contribution in [-0.4, -0.2) is 37.9 Å². The number of quaternary nitrogens is 1. The number of carbonyl (C=O) groups is 1. The summed E-state index contributed by atoms with van der Waals surface area (Å²) in [5, 5.41) is 0.995. The Bertz CT molecular complexity index is 683. The minimum absolute atomic E-state index is 0.220. The zero-order valence-corrected chi connectivity index (χ0v) is 13.9. The number of hydrogen-bond donors (Lipinski definition) is 1. The monoisotopic (exact) mass is 318 g/mol. The molecule has 2 aromatic rings. The molecule has 5 heteroatoms. The van der Waals surface area contributed by atoms with Crippen LogP contribution in [0.2, 0.25) is 0 Å². The normalized spacial score (nSPS) is 24.7. The summed E-state index contributed by atoms with van der Waals surface area (Å²) in [6.07, 6.45) is 0.441. The molecule has 23 heavy (non-hydrogen) atoms. The third-order valence-corrected chi connectivity index (χ3v) is 4.20. The quantitative estimate of drug-likeness (QED) is 0.874. The number of ether oxygens (including phenoxy) is 2. The van der Waals surface area contributed by atoms with E-state index in [-0.39, 0.29) is 18.2 Å². The highest BCUT2D eigenvalue weighted by molar-refractivity contribution is 5.95. The summed E-state index contributed by atoms with van der Waals surface area (Å²) in [4.78, 5) is 13.7. The van der Waals surface area contributed by atoms with Crippen LogP contribution < -0.4 is 4.90 Å². The molecule has 1 fully saturated rings. The van der Waals surface area contributed by atoms with Crippen LogP contribution in [0.3, 0.4) is 0 Å². The number of esters is 1. The largest absolute Gasteiger partial charge is 0.460 e. The molecule has 1 saturated heterocycles. The van der Waals surface area contributed by atoms with Crippen molar-refractivity contribution in [1.82, 2.24) is 0 Å². The molecule has 1 N–H and O–H groups in total. The number of furan rings is 1. The van der Waals surface area contributed by atoms with Crippen molar-refractivity contribution in [1.29, 1.82) is 0 Å². The first-order chi connectivity index (χ1) is 11.1. The highest BCUT2D eigenvalue weighted by atomic mass is 16.5. The standard InChI is InChI=1S/C18H23NO4/c1-4-21-18(20)17-15(14-7-5-6-8-16(14)23-17)11-19-9-12(2)22-13(3)10-19/h5-8,12-13H,4,9-11H2,1-3H3/p+1/t12-,13-/m0/s1. The number of morpholine rings is 1. The fourth-order valence-corrected chi connectivity index (χ4v) is 3.42. The van der Waals surface area contributed by atoms with E-state index in [0.717, 1.165) is 36.2 Å². The van der Waals surface area contributed by atoms with E-state index in [1.54, 1.807) is 6.92 Å². The summed E-state index contributed by atoms with van der Waals surface area (Å²) in [7, 11) is 0. The van der Waals surface area contributed by atoms with Crippen LogP contribution in [0, 0.1) is 0 Å². The van der Waals surface area contributed by atoms with Crippen LogP contribution in [0.15, 0.2) is 28.7 Å². The van der Waals surface area contributed by atoms with Gasteiger partial charge in [0.2, 0.25) is 5.76 Å². The molecule has 0 aliphatic carbocycles. The van der Waals surface area contributed by atoms with Gasteiger partial charge in [0.1, 0.15) is 37.4 Å². The predicted octanol–water partition coefficient (Wildman–Crippen LogP) is 1.80. The Morgan fingerprint density at radius 1 is 1.26 bits per heavy atom. The lowest BCUT2D eigenvalue weighted by molar-refractivity contribution is -0.928. The molecule has 3 rings (SSSR count). The highest BCUT2D eigenvalue weighted by Crippen LogP contribution is 2.26. The van der Waals surface area contributed by atoms with E-state index in [0.29, 0.717) is 12.4 Å². The molecule has 1 aliphatic rings. The second kappa shape index (κ2) is 6.72. The first-order valence-electron chi connectivity index (χ1n) is 8.25. The van der Waals surface area contributed by atoms with Crippen molar-refractivity contribution >= 4 is 16.9 Å². The number of carbonyl (C=O) groups excluding carboxylic acids is 1. The molecule has 0 spiro atoms. The number of hydrogen-bond acceptors (Lipinski definition) is 4. The fraction of sp³-hybridized carbons (Fsp3) is 0.500. The summed E-state index contributed by atoms with van der Waals surface area (Å²) in [5.41, 5.74) is 1.68. The smallest absolute Gasteiger partial charge is 0.374 e. The average Bonchev–Trinajstić information content (AvgIpc) is 2.85. The lowest BCUT2D eigenvalue weighted by Gasteiger charge is -2.32. The number of nitrogens with one attached hydrogen (secondary N) is 1. The van der Waals surface area contributed by atoms with Crippen molar-refractivity contribution in [2.75, 3.05) is 19.7 Å². The van der Waals surface area contributed by atoms with Crippen LogP contribution in [0.25, 0.3) is 11.0 Å². The maximum Gasteiger partial charge on any atom is 0.374 e. The van der Waals surface area contributed by atoms with Gasteiger partial charge in [-0.05, 0) is 26.8 Å². The Hall–Kier alpha value is -1.85. The van der Waals surface area contributed by atoms with Crippen LogP contribution >= 0.6 is 0 Å². The molecule has 1 aliphatic heterocycles. The lowest BCUT2D eigenvalue weighted by atomic mass is 10.1. The number of rotatable bonds is 4. The van der Waals surface area contributed by atoms with Crippen LogP contribution in [0.4, 0.5) is 0 Å². The minimum Gasteiger partial charge on any atom is -0.460 e. The van der Waals surface area contributed by atoms with Crippen molar-refractivity contribution in [3.05, 3.63) is 35.6 Å². The Balaban J connectivity index is 1.94. The number of benzene rings is 1. The lowest BCUT2D eigenvalue weighted by Crippen LogP contribution is -3.14. The van der Waals surface area contributed by atoms with Gasteiger partial charge in [0, 0.05) is 5.39 Å². The third-order valence-electron chi connectivity index (χ3n) is 4.20. The molecule has 0 unspecified atom stereocenters. The first-order valence-corrected chi connectivity index (χ1v) is 8.25. The summed E-state index contributed by atoms with van der Waals surface area (Å²) in [5.74, 6) is -0.0418. The van der Waals surface area contributed by atoms with E-state index < -0.39 is 0 Å². The van der Waals surface area contributed by atoms with E-state index >= 15 is 0 Å². The van der Waals surface area contributed by atoms with Gasteiger partial charge < -0.3 is 18.8 Å². The number of fused-ring (bicyclic) bond motifs is 1. The van der Waals surface area contributed by atoms with Gasteiger partial charge in [-0.1, -0.05) is 18.2 Å². The second-order valence-corrected chi connectivity index (χ2v) is 6.22. The molecular formula is C18H24NO4+. The van der Waals surface area contributed by atoms with Gasteiger partial charge in [-0.3, -0.25) is 0 Å². The maximum atomic E-state index is 12.3. The fourth-order valence-electron chi connectivity index (χ4n) is 3.42. The molecular weight excluding hydrogens is 294 g/mol. The highest BCUT2D eigenvalue weighted by Gasteiger charge is 2.30. The molecule has 0 amide bonds. The first kappa shape index (κ1) is 16.0. The van der Waals surface area contributed by atoms with E-state index in [1.165, 1.54) is 4.90 Å². The minimum atomic E-state index is -0.382. The Morgan fingerprint density at radius 3 is 2.65 bits per heavy atom. The Labute approximate surface area is 136 Å². The van der Waals surface area contributed by atoms with Gasteiger partial charge >= 0.3 is 5.97 Å². The van der Waals surface area contributed by atoms with Gasteiger partial charge in [-0.25, -0.2) is 4.79 Å². The zero-order chi connectivity index (χ0) is 16.4. The Kier molecular flexibility index (Phi) is 4.68. The SMILES string of the molecule is CCOC(=O)c1oc2ccccc2c1C[NH+]1C[C@H](C)O[C@@H](C)C1. The van der Waals surface area contributed by atoms with Crippen molar-refractivity contribution in [2.24, 2.45) is 0 Å². The van der Waals surface area contributed by atoms with Crippen LogP contribution in [0.1, 0.15) is 36.9 Å². The van der Waals surface area contributed by atoms with Crippen molar-refractivity contribution < 1.29 is 23.6 Å². The van der Waals surface area contributed by atoms with Crippen LogP contribution in [-0.2, 0) is 16.0 Å². The maximum absolute atomic E-state index is 12.3. The van der Waals surface area contributed by atoms with Crippen molar-refractivity contribution in [3.63, 3.8) is 0 Å².